The second-order valence-electron chi connectivity index (χ2n) is 3.96. The Kier molecular flexibility index (Phi) is 4.26. The third-order valence-corrected chi connectivity index (χ3v) is 2.67. The highest BCUT2D eigenvalue weighted by molar-refractivity contribution is 5.98. The molecule has 0 aromatic carbocycles. The molecule has 1 saturated heterocycles. The van der Waals surface area contributed by atoms with Crippen molar-refractivity contribution in [2.45, 2.75) is 0 Å². The minimum Gasteiger partial charge on any atom is -0.409 e. The van der Waals surface area contributed by atoms with Crippen molar-refractivity contribution < 1.29 is 14.7 Å². The maximum Gasteiger partial charge on any atom is 0.284 e. The number of nitrogens with zero attached hydrogens (tertiary/aromatic N) is 3. The number of amidine groups is 1. The van der Waals surface area contributed by atoms with E-state index in [4.69, 9.17) is 15.7 Å². The topological polar surface area (TPSA) is 113 Å². The summed E-state index contributed by atoms with van der Waals surface area (Å²) in [6.07, 6.45) is 1.38. The summed E-state index contributed by atoms with van der Waals surface area (Å²) < 4.78 is 5.18. The van der Waals surface area contributed by atoms with Crippen LogP contribution in [0.4, 0.5) is 0 Å². The molecule has 0 aliphatic carbocycles. The van der Waals surface area contributed by atoms with E-state index in [-0.39, 0.29) is 17.4 Å². The van der Waals surface area contributed by atoms with Gasteiger partial charge in [0.15, 0.2) is 5.84 Å². The van der Waals surface area contributed by atoms with Gasteiger partial charge in [0.25, 0.3) is 5.91 Å². The first kappa shape index (κ1) is 13.2. The van der Waals surface area contributed by atoms with E-state index in [0.717, 1.165) is 0 Å². The zero-order chi connectivity index (χ0) is 13.7. The van der Waals surface area contributed by atoms with E-state index in [2.05, 4.69) is 15.6 Å². The van der Waals surface area contributed by atoms with Crippen molar-refractivity contribution in [3.05, 3.63) is 29.6 Å². The van der Waals surface area contributed by atoms with Crippen LogP contribution in [0.15, 0.2) is 23.5 Å². The molecule has 1 fully saturated rings. The number of ether oxygens (including phenoxy) is 1. The van der Waals surface area contributed by atoms with Gasteiger partial charge in [0.1, 0.15) is 5.69 Å². The molecular weight excluding hydrogens is 250 g/mol. The zero-order valence-corrected chi connectivity index (χ0v) is 10.2. The lowest BCUT2D eigenvalue weighted by Gasteiger charge is -2.26. The number of rotatable bonds is 3. The molecule has 0 saturated carbocycles. The fourth-order valence-electron chi connectivity index (χ4n) is 1.61. The highest BCUT2D eigenvalue weighted by atomic mass is 16.5. The van der Waals surface area contributed by atoms with Gasteiger partial charge >= 0.3 is 0 Å². The number of carbonyl (C=O) groups is 1. The first-order chi connectivity index (χ1) is 9.20. The Morgan fingerprint density at radius 1 is 1.47 bits per heavy atom. The van der Waals surface area contributed by atoms with Gasteiger partial charge in [-0.3, -0.25) is 15.2 Å². The molecule has 19 heavy (non-hydrogen) atoms. The quantitative estimate of drug-likeness (QED) is 0.284. The van der Waals surface area contributed by atoms with Gasteiger partial charge < -0.3 is 15.7 Å². The number of nitrogens with one attached hydrogen (secondary N) is 1. The van der Waals surface area contributed by atoms with Crippen LogP contribution >= 0.6 is 0 Å². The second kappa shape index (κ2) is 6.12. The molecule has 8 heteroatoms. The Bertz CT molecular complexity index is 468. The largest absolute Gasteiger partial charge is 0.409 e. The van der Waals surface area contributed by atoms with Crippen molar-refractivity contribution in [3.63, 3.8) is 0 Å². The van der Waals surface area contributed by atoms with E-state index in [1.54, 1.807) is 11.1 Å². The minimum absolute atomic E-state index is 0.0485. The summed E-state index contributed by atoms with van der Waals surface area (Å²) in [4.78, 5) is 15.9. The Hall–Kier alpha value is -2.19. The van der Waals surface area contributed by atoms with Crippen molar-refractivity contribution in [3.8, 4) is 0 Å². The van der Waals surface area contributed by atoms with E-state index >= 15 is 0 Å². The van der Waals surface area contributed by atoms with Crippen LogP contribution < -0.4 is 11.2 Å². The van der Waals surface area contributed by atoms with Crippen molar-refractivity contribution in [2.75, 3.05) is 26.3 Å². The van der Waals surface area contributed by atoms with E-state index in [0.29, 0.717) is 31.9 Å². The number of carbonyl (C=O) groups excluding carboxylic acids is 1. The highest BCUT2D eigenvalue weighted by Crippen LogP contribution is 2.01. The van der Waals surface area contributed by atoms with Gasteiger partial charge in [-0.15, -0.1) is 0 Å². The third kappa shape index (κ3) is 3.39. The van der Waals surface area contributed by atoms with Crippen LogP contribution in [0.2, 0.25) is 0 Å². The molecule has 1 aliphatic rings. The van der Waals surface area contributed by atoms with E-state index in [9.17, 15) is 4.79 Å². The Morgan fingerprint density at radius 2 is 2.21 bits per heavy atom. The molecule has 1 aromatic rings. The van der Waals surface area contributed by atoms with Gasteiger partial charge in [-0.2, -0.15) is 0 Å². The summed E-state index contributed by atoms with van der Waals surface area (Å²) in [5.74, 6) is -0.347. The predicted molar refractivity (Wildman–Crippen MR) is 66.6 cm³/mol. The van der Waals surface area contributed by atoms with E-state index in [1.165, 1.54) is 12.3 Å². The van der Waals surface area contributed by atoms with Gasteiger partial charge in [-0.25, -0.2) is 5.01 Å². The molecule has 1 amide bonds. The zero-order valence-electron chi connectivity index (χ0n) is 10.2. The molecule has 0 spiro atoms. The maximum absolute atomic E-state index is 11.9. The average Bonchev–Trinajstić information content (AvgIpc) is 2.47. The molecule has 102 valence electrons. The van der Waals surface area contributed by atoms with Crippen molar-refractivity contribution in [1.82, 2.24) is 15.4 Å². The fraction of sp³-hybridized carbons (Fsp3) is 0.364. The number of nitrogens with two attached hydrogens (primary N) is 1. The number of aromatic nitrogens is 1. The summed E-state index contributed by atoms with van der Waals surface area (Å²) in [7, 11) is 0. The summed E-state index contributed by atoms with van der Waals surface area (Å²) in [5, 5.41) is 13.2. The number of pyridine rings is 1. The van der Waals surface area contributed by atoms with E-state index in [1.807, 2.05) is 0 Å². The average molecular weight is 265 g/mol. The molecule has 0 unspecified atom stereocenters. The van der Waals surface area contributed by atoms with Gasteiger partial charge in [0.05, 0.1) is 13.2 Å². The first-order valence-corrected chi connectivity index (χ1v) is 5.78. The SMILES string of the molecule is N/C(=N/O)c1ccc(C(=O)NN2CCOCC2)nc1. The number of morpholine rings is 1. The molecule has 8 nitrogen and oxygen atoms in total. The van der Waals surface area contributed by atoms with Gasteiger partial charge in [-0.05, 0) is 12.1 Å². The number of amides is 1. The van der Waals surface area contributed by atoms with Crippen LogP contribution in [0, 0.1) is 0 Å². The molecule has 0 bridgehead atoms. The Morgan fingerprint density at radius 3 is 2.79 bits per heavy atom. The molecule has 4 N–H and O–H groups in total. The molecule has 0 radical (unpaired) electrons. The summed E-state index contributed by atoms with van der Waals surface area (Å²) in [6, 6.07) is 3.08. The molecule has 1 aromatic heterocycles. The van der Waals surface area contributed by atoms with Crippen LogP contribution in [0.3, 0.4) is 0 Å². The molecule has 2 rings (SSSR count). The first-order valence-electron chi connectivity index (χ1n) is 5.78. The molecular formula is C11H15N5O3. The molecule has 1 aliphatic heterocycles. The van der Waals surface area contributed by atoms with Gasteiger partial charge in [-0.1, -0.05) is 5.16 Å². The summed E-state index contributed by atoms with van der Waals surface area (Å²) >= 11 is 0. The van der Waals surface area contributed by atoms with Crippen molar-refractivity contribution in [2.24, 2.45) is 10.9 Å². The summed E-state index contributed by atoms with van der Waals surface area (Å²) in [5.41, 5.74) is 8.86. The monoisotopic (exact) mass is 265 g/mol. The lowest BCUT2D eigenvalue weighted by molar-refractivity contribution is 0.0124. The normalized spacial score (nSPS) is 17.2. The lowest BCUT2D eigenvalue weighted by Crippen LogP contribution is -2.48. The maximum atomic E-state index is 11.9. The van der Waals surface area contributed by atoms with Crippen LogP contribution in [-0.2, 0) is 4.74 Å². The summed E-state index contributed by atoms with van der Waals surface area (Å²) in [6.45, 7) is 2.48. The lowest BCUT2D eigenvalue weighted by atomic mass is 10.2. The number of oxime groups is 1. The standard InChI is InChI=1S/C11H15N5O3/c12-10(15-18)8-1-2-9(13-7-8)11(17)14-16-3-5-19-6-4-16/h1-2,7,18H,3-6H2,(H2,12,15)(H,14,17). The second-order valence-corrected chi connectivity index (χ2v) is 3.96. The third-order valence-electron chi connectivity index (χ3n) is 2.67. The predicted octanol–water partition coefficient (Wildman–Crippen LogP) is -0.847. The van der Waals surface area contributed by atoms with Gasteiger partial charge in [0, 0.05) is 24.8 Å². The van der Waals surface area contributed by atoms with Crippen LogP contribution in [0.25, 0.3) is 0 Å². The van der Waals surface area contributed by atoms with Crippen LogP contribution in [0.5, 0.6) is 0 Å². The number of hydrazine groups is 1. The smallest absolute Gasteiger partial charge is 0.284 e. The van der Waals surface area contributed by atoms with Crippen LogP contribution in [0.1, 0.15) is 16.1 Å². The Labute approximate surface area is 109 Å². The Balaban J connectivity index is 1.99. The minimum atomic E-state index is -0.298. The van der Waals surface area contributed by atoms with E-state index < -0.39 is 0 Å². The van der Waals surface area contributed by atoms with Crippen LogP contribution in [-0.4, -0.2) is 53.2 Å². The highest BCUT2D eigenvalue weighted by Gasteiger charge is 2.15. The molecule has 2 heterocycles. The number of hydrogen-bond acceptors (Lipinski definition) is 6. The van der Waals surface area contributed by atoms with Crippen molar-refractivity contribution in [1.29, 1.82) is 0 Å². The van der Waals surface area contributed by atoms with Gasteiger partial charge in [0.2, 0.25) is 0 Å². The number of hydrogen-bond donors (Lipinski definition) is 3. The fourth-order valence-corrected chi connectivity index (χ4v) is 1.61. The van der Waals surface area contributed by atoms with Crippen molar-refractivity contribution >= 4 is 11.7 Å². The molecule has 0 atom stereocenters.